The van der Waals surface area contributed by atoms with Gasteiger partial charge < -0.3 is 10.2 Å². The van der Waals surface area contributed by atoms with Crippen LogP contribution >= 0.6 is 22.7 Å². The van der Waals surface area contributed by atoms with E-state index >= 15 is 0 Å². The van der Waals surface area contributed by atoms with E-state index in [1.54, 1.807) is 17.4 Å². The number of nitrogens with zero attached hydrogens (tertiary/aromatic N) is 1. The number of amides is 1. The normalized spacial score (nSPS) is 16.9. The van der Waals surface area contributed by atoms with E-state index in [-0.39, 0.29) is 5.91 Å². The molecule has 1 amide bonds. The average Bonchev–Trinajstić information content (AvgIpc) is 3.27. The smallest absolute Gasteiger partial charge is 0.244 e. The van der Waals surface area contributed by atoms with Crippen LogP contribution in [0.2, 0.25) is 0 Å². The third-order valence-corrected chi connectivity index (χ3v) is 5.97. The lowest BCUT2D eigenvalue weighted by Crippen LogP contribution is -2.38. The van der Waals surface area contributed by atoms with Crippen LogP contribution in [0.1, 0.15) is 29.2 Å². The number of thiophene rings is 2. The van der Waals surface area contributed by atoms with Crippen LogP contribution in [0, 0.1) is 0 Å². The lowest BCUT2D eigenvalue weighted by atomic mass is 9.95. The molecule has 0 saturated carbocycles. The molecular formula is C18H22N2OS2. The van der Waals surface area contributed by atoms with Gasteiger partial charge in [0, 0.05) is 24.0 Å². The van der Waals surface area contributed by atoms with E-state index in [0.29, 0.717) is 0 Å². The second-order valence-electron chi connectivity index (χ2n) is 5.81. The fraction of sp³-hybridized carbons (Fsp3) is 0.389. The van der Waals surface area contributed by atoms with E-state index in [2.05, 4.69) is 27.7 Å². The van der Waals surface area contributed by atoms with Gasteiger partial charge >= 0.3 is 0 Å². The van der Waals surface area contributed by atoms with Crippen molar-refractivity contribution in [3.05, 3.63) is 50.9 Å². The Labute approximate surface area is 145 Å². The predicted molar refractivity (Wildman–Crippen MR) is 99.1 cm³/mol. The van der Waals surface area contributed by atoms with Crippen LogP contribution in [0.4, 0.5) is 0 Å². The first-order chi connectivity index (χ1) is 11.3. The summed E-state index contributed by atoms with van der Waals surface area (Å²) in [6, 6.07) is 6.41. The molecule has 1 N–H and O–H groups in total. The Morgan fingerprint density at radius 2 is 2.17 bits per heavy atom. The number of piperidine rings is 1. The summed E-state index contributed by atoms with van der Waals surface area (Å²) in [6.07, 6.45) is 5.93. The largest absolute Gasteiger partial charge is 0.351 e. The molecule has 3 heterocycles. The molecule has 5 heteroatoms. The summed E-state index contributed by atoms with van der Waals surface area (Å²) in [5.41, 5.74) is 1.08. The Morgan fingerprint density at radius 3 is 2.87 bits per heavy atom. The molecule has 0 unspecified atom stereocenters. The topological polar surface area (TPSA) is 32.3 Å². The number of carbonyl (C=O) groups excluding carboxylic acids is 1. The summed E-state index contributed by atoms with van der Waals surface area (Å²) in [5.74, 6) is 0.721. The predicted octanol–water partition coefficient (Wildman–Crippen LogP) is 3.82. The highest BCUT2D eigenvalue weighted by Crippen LogP contribution is 2.30. The molecule has 1 fully saturated rings. The van der Waals surface area contributed by atoms with Gasteiger partial charge in [0.05, 0.1) is 0 Å². The standard InChI is InChI=1S/C18H22N2OS2/c21-18(4-3-15-7-13-22-14-15)19-8-11-20-9-5-16(6-10-20)17-2-1-12-23-17/h1-4,7,12-14,16H,5-6,8-11H2,(H,19,21)/b4-3+. The number of likely N-dealkylation sites (tertiary alicyclic amines) is 1. The Hall–Kier alpha value is -1.43. The van der Waals surface area contributed by atoms with Crippen molar-refractivity contribution in [1.82, 2.24) is 10.2 Å². The van der Waals surface area contributed by atoms with Crippen molar-refractivity contribution < 1.29 is 4.79 Å². The van der Waals surface area contributed by atoms with Crippen LogP contribution in [-0.4, -0.2) is 37.0 Å². The van der Waals surface area contributed by atoms with Crippen LogP contribution in [-0.2, 0) is 4.79 Å². The maximum absolute atomic E-state index is 11.8. The van der Waals surface area contributed by atoms with Crippen molar-refractivity contribution in [3.63, 3.8) is 0 Å². The summed E-state index contributed by atoms with van der Waals surface area (Å²) < 4.78 is 0. The van der Waals surface area contributed by atoms with Crippen molar-refractivity contribution in [2.75, 3.05) is 26.2 Å². The third kappa shape index (κ3) is 5.03. The first-order valence-corrected chi connectivity index (χ1v) is 9.87. The summed E-state index contributed by atoms with van der Waals surface area (Å²) >= 11 is 3.51. The average molecular weight is 347 g/mol. The zero-order chi connectivity index (χ0) is 15.9. The number of rotatable bonds is 6. The summed E-state index contributed by atoms with van der Waals surface area (Å²) in [4.78, 5) is 15.8. The Morgan fingerprint density at radius 1 is 1.30 bits per heavy atom. The van der Waals surface area contributed by atoms with Crippen LogP contribution in [0.15, 0.2) is 40.4 Å². The monoisotopic (exact) mass is 346 g/mol. The minimum absolute atomic E-state index is 0.00956. The summed E-state index contributed by atoms with van der Waals surface area (Å²) in [6.45, 7) is 3.91. The van der Waals surface area contributed by atoms with E-state index in [0.717, 1.165) is 37.7 Å². The highest BCUT2D eigenvalue weighted by Gasteiger charge is 2.20. The Balaban J connectivity index is 1.33. The van der Waals surface area contributed by atoms with E-state index in [9.17, 15) is 4.79 Å². The zero-order valence-corrected chi connectivity index (χ0v) is 14.7. The molecule has 0 aromatic carbocycles. The zero-order valence-electron chi connectivity index (χ0n) is 13.1. The third-order valence-electron chi connectivity index (χ3n) is 4.23. The molecule has 1 aliphatic heterocycles. The van der Waals surface area contributed by atoms with Gasteiger partial charge in [0.25, 0.3) is 0 Å². The van der Waals surface area contributed by atoms with Gasteiger partial charge in [0.1, 0.15) is 0 Å². The van der Waals surface area contributed by atoms with Crippen molar-refractivity contribution in [2.45, 2.75) is 18.8 Å². The van der Waals surface area contributed by atoms with Crippen LogP contribution in [0.5, 0.6) is 0 Å². The summed E-state index contributed by atoms with van der Waals surface area (Å²) in [7, 11) is 0. The first-order valence-electron chi connectivity index (χ1n) is 8.05. The molecule has 2 aromatic heterocycles. The minimum Gasteiger partial charge on any atom is -0.351 e. The van der Waals surface area contributed by atoms with Gasteiger partial charge in [-0.25, -0.2) is 0 Å². The molecule has 0 bridgehead atoms. The van der Waals surface area contributed by atoms with Crippen LogP contribution in [0.3, 0.4) is 0 Å². The maximum Gasteiger partial charge on any atom is 0.244 e. The van der Waals surface area contributed by atoms with Crippen molar-refractivity contribution >= 4 is 34.7 Å². The Bertz CT molecular complexity index is 612. The van der Waals surface area contributed by atoms with Crippen LogP contribution in [0.25, 0.3) is 6.08 Å². The van der Waals surface area contributed by atoms with E-state index in [4.69, 9.17) is 0 Å². The van der Waals surface area contributed by atoms with Gasteiger partial charge in [-0.2, -0.15) is 11.3 Å². The molecule has 0 aliphatic carbocycles. The summed E-state index contributed by atoms with van der Waals surface area (Å²) in [5, 5.41) is 9.18. The van der Waals surface area contributed by atoms with Crippen molar-refractivity contribution in [3.8, 4) is 0 Å². The molecule has 23 heavy (non-hydrogen) atoms. The molecule has 0 radical (unpaired) electrons. The van der Waals surface area contributed by atoms with Crippen LogP contribution < -0.4 is 5.32 Å². The van der Waals surface area contributed by atoms with Gasteiger partial charge in [-0.15, -0.1) is 11.3 Å². The van der Waals surface area contributed by atoms with E-state index in [1.165, 1.54) is 17.7 Å². The molecule has 122 valence electrons. The molecule has 2 aromatic rings. The molecule has 1 aliphatic rings. The van der Waals surface area contributed by atoms with Gasteiger partial charge in [-0.1, -0.05) is 6.07 Å². The van der Waals surface area contributed by atoms with Gasteiger partial charge in [0.2, 0.25) is 5.91 Å². The molecule has 3 rings (SSSR count). The lowest BCUT2D eigenvalue weighted by Gasteiger charge is -2.31. The molecule has 0 spiro atoms. The second kappa shape index (κ2) is 8.43. The number of nitrogens with one attached hydrogen (secondary N) is 1. The van der Waals surface area contributed by atoms with E-state index < -0.39 is 0 Å². The van der Waals surface area contributed by atoms with Crippen molar-refractivity contribution in [1.29, 1.82) is 0 Å². The fourth-order valence-electron chi connectivity index (χ4n) is 2.90. The lowest BCUT2D eigenvalue weighted by molar-refractivity contribution is -0.116. The van der Waals surface area contributed by atoms with Gasteiger partial charge in [0.15, 0.2) is 0 Å². The van der Waals surface area contributed by atoms with E-state index in [1.807, 2.05) is 34.2 Å². The maximum atomic E-state index is 11.8. The number of hydrogen-bond acceptors (Lipinski definition) is 4. The molecule has 0 atom stereocenters. The molecule has 1 saturated heterocycles. The Kier molecular flexibility index (Phi) is 6.02. The first kappa shape index (κ1) is 16.4. The minimum atomic E-state index is -0.00956. The number of hydrogen-bond donors (Lipinski definition) is 1. The second-order valence-corrected chi connectivity index (χ2v) is 7.57. The highest BCUT2D eigenvalue weighted by atomic mass is 32.1. The van der Waals surface area contributed by atoms with Gasteiger partial charge in [-0.3, -0.25) is 4.79 Å². The number of carbonyl (C=O) groups is 1. The molecule has 3 nitrogen and oxygen atoms in total. The van der Waals surface area contributed by atoms with Crippen molar-refractivity contribution in [2.24, 2.45) is 0 Å². The SMILES string of the molecule is O=C(/C=C/c1ccsc1)NCCN1CCC(c2cccs2)CC1. The van der Waals surface area contributed by atoms with Gasteiger partial charge in [-0.05, 0) is 71.8 Å². The highest BCUT2D eigenvalue weighted by molar-refractivity contribution is 7.10. The fourth-order valence-corrected chi connectivity index (χ4v) is 4.43. The molecular weight excluding hydrogens is 324 g/mol. The quantitative estimate of drug-likeness (QED) is 0.807.